The van der Waals surface area contributed by atoms with Crippen LogP contribution in [0.25, 0.3) is 16.6 Å². The number of ether oxygens (including phenoxy) is 4. The lowest BCUT2D eigenvalue weighted by molar-refractivity contribution is -0.139. The number of esters is 1. The minimum Gasteiger partial charge on any atom is -0.496 e. The summed E-state index contributed by atoms with van der Waals surface area (Å²) in [5.74, 6) is 1.17. The molecule has 0 radical (unpaired) electrons. The highest BCUT2D eigenvalue weighted by molar-refractivity contribution is 7.14. The molecule has 0 aliphatic rings. The Hall–Kier alpha value is -2.84. The van der Waals surface area contributed by atoms with Crippen molar-refractivity contribution in [3.05, 3.63) is 51.7 Å². The number of carbonyl (C=O) groups is 1. The van der Waals surface area contributed by atoms with Crippen LogP contribution in [0.4, 0.5) is 0 Å². The van der Waals surface area contributed by atoms with Gasteiger partial charge in [-0.3, -0.25) is 0 Å². The molecule has 8 heteroatoms. The van der Waals surface area contributed by atoms with Crippen molar-refractivity contribution < 1.29 is 23.7 Å². The van der Waals surface area contributed by atoms with E-state index in [4.69, 9.17) is 18.9 Å². The number of hydrogen-bond acceptors (Lipinski definition) is 8. The van der Waals surface area contributed by atoms with Gasteiger partial charge in [0.25, 0.3) is 0 Å². The van der Waals surface area contributed by atoms with Crippen LogP contribution in [0.1, 0.15) is 11.3 Å². The van der Waals surface area contributed by atoms with Crippen LogP contribution < -0.4 is 14.2 Å². The number of thiazole rings is 1. The van der Waals surface area contributed by atoms with Gasteiger partial charge in [-0.1, -0.05) is 0 Å². The van der Waals surface area contributed by atoms with Crippen LogP contribution in [0.3, 0.4) is 0 Å². The second-order valence-corrected chi connectivity index (χ2v) is 7.18. The van der Waals surface area contributed by atoms with Crippen molar-refractivity contribution in [3.8, 4) is 27.8 Å². The van der Waals surface area contributed by atoms with Crippen molar-refractivity contribution in [2.45, 2.75) is 6.61 Å². The highest BCUT2D eigenvalue weighted by Gasteiger charge is 2.11. The molecule has 0 atom stereocenters. The maximum atomic E-state index is 12.1. The zero-order valence-electron chi connectivity index (χ0n) is 15.6. The molecule has 146 valence electrons. The van der Waals surface area contributed by atoms with Gasteiger partial charge in [0.05, 0.1) is 27.0 Å². The first-order valence-corrected chi connectivity index (χ1v) is 10.1. The number of rotatable bonds is 8. The summed E-state index contributed by atoms with van der Waals surface area (Å²) in [5.41, 5.74) is 2.47. The fourth-order valence-electron chi connectivity index (χ4n) is 2.43. The molecule has 0 aliphatic heterocycles. The number of aromatic nitrogens is 1. The first-order chi connectivity index (χ1) is 13.6. The zero-order chi connectivity index (χ0) is 19.9. The van der Waals surface area contributed by atoms with Gasteiger partial charge in [0.15, 0.2) is 11.5 Å². The summed E-state index contributed by atoms with van der Waals surface area (Å²) in [7, 11) is 4.64. The summed E-state index contributed by atoms with van der Waals surface area (Å²) < 4.78 is 21.2. The Balaban J connectivity index is 1.64. The summed E-state index contributed by atoms with van der Waals surface area (Å²) in [6.45, 7) is 0.118. The lowest BCUT2D eigenvalue weighted by atomic mass is 10.1. The van der Waals surface area contributed by atoms with Crippen LogP contribution in [0.2, 0.25) is 0 Å². The van der Waals surface area contributed by atoms with Crippen LogP contribution in [-0.4, -0.2) is 32.3 Å². The molecule has 6 nitrogen and oxygen atoms in total. The molecular formula is C20H19NO5S2. The van der Waals surface area contributed by atoms with Crippen molar-refractivity contribution in [2.24, 2.45) is 0 Å². The largest absolute Gasteiger partial charge is 0.496 e. The summed E-state index contributed by atoms with van der Waals surface area (Å²) >= 11 is 3.14. The number of thiophene rings is 1. The van der Waals surface area contributed by atoms with Crippen molar-refractivity contribution in [1.82, 2.24) is 4.98 Å². The fraction of sp³-hybridized carbons (Fsp3) is 0.200. The van der Waals surface area contributed by atoms with E-state index < -0.39 is 5.97 Å². The Bertz CT molecular complexity index is 963. The molecule has 3 aromatic rings. The predicted molar refractivity (Wildman–Crippen MR) is 110 cm³/mol. The molecule has 0 N–H and O–H groups in total. The van der Waals surface area contributed by atoms with E-state index in [1.54, 1.807) is 50.9 Å². The monoisotopic (exact) mass is 417 g/mol. The Kier molecular flexibility index (Phi) is 6.67. The normalized spacial score (nSPS) is 10.8. The number of hydrogen-bond donors (Lipinski definition) is 0. The van der Waals surface area contributed by atoms with Crippen molar-refractivity contribution >= 4 is 34.7 Å². The van der Waals surface area contributed by atoms with Crippen molar-refractivity contribution in [2.75, 3.05) is 21.3 Å². The minimum atomic E-state index is -0.470. The van der Waals surface area contributed by atoms with Crippen LogP contribution in [0.15, 0.2) is 40.4 Å². The van der Waals surface area contributed by atoms with Gasteiger partial charge in [-0.2, -0.15) is 11.3 Å². The van der Waals surface area contributed by atoms with Gasteiger partial charge >= 0.3 is 5.97 Å². The minimum absolute atomic E-state index is 0.118. The molecule has 0 aliphatic carbocycles. The van der Waals surface area contributed by atoms with Crippen LogP contribution in [0, 0.1) is 0 Å². The van der Waals surface area contributed by atoms with Gasteiger partial charge in [0.1, 0.15) is 17.4 Å². The highest BCUT2D eigenvalue weighted by Crippen LogP contribution is 2.35. The second kappa shape index (κ2) is 9.38. The van der Waals surface area contributed by atoms with E-state index in [1.807, 2.05) is 22.2 Å². The quantitative estimate of drug-likeness (QED) is 0.392. The van der Waals surface area contributed by atoms with Gasteiger partial charge in [-0.15, -0.1) is 11.3 Å². The molecule has 3 rings (SSSR count). The summed E-state index contributed by atoms with van der Waals surface area (Å²) in [6, 6.07) is 5.44. The molecule has 2 aromatic heterocycles. The highest BCUT2D eigenvalue weighted by atomic mass is 32.1. The fourth-order valence-corrected chi connectivity index (χ4v) is 3.94. The molecule has 28 heavy (non-hydrogen) atoms. The van der Waals surface area contributed by atoms with E-state index in [0.717, 1.165) is 16.3 Å². The lowest BCUT2D eigenvalue weighted by Gasteiger charge is -2.12. The standard InChI is InChI=1S/C20H19NO5S2/c1-23-16-9-18(25-3)17(24-2)8-13(16)4-5-19(22)26-10-15-12-28-20(21-15)14-6-7-27-11-14/h4-9,11-12H,10H2,1-3H3/b5-4+. The first-order valence-electron chi connectivity index (χ1n) is 8.26. The van der Waals surface area contributed by atoms with E-state index in [1.165, 1.54) is 17.4 Å². The number of nitrogens with zero attached hydrogens (tertiary/aromatic N) is 1. The molecule has 0 saturated carbocycles. The number of methoxy groups -OCH3 is 3. The molecule has 0 bridgehead atoms. The third-order valence-corrected chi connectivity index (χ3v) is 5.44. The first kappa shape index (κ1) is 19.9. The Morgan fingerprint density at radius 3 is 2.50 bits per heavy atom. The van der Waals surface area contributed by atoms with Gasteiger partial charge in [-0.25, -0.2) is 9.78 Å². The Morgan fingerprint density at radius 1 is 1.07 bits per heavy atom. The van der Waals surface area contributed by atoms with Crippen LogP contribution in [-0.2, 0) is 16.1 Å². The molecule has 0 fully saturated rings. The molecule has 0 saturated heterocycles. The van der Waals surface area contributed by atoms with Gasteiger partial charge in [-0.05, 0) is 23.6 Å². The summed E-state index contributed by atoms with van der Waals surface area (Å²) in [6.07, 6.45) is 2.96. The maximum Gasteiger partial charge on any atom is 0.331 e. The second-order valence-electron chi connectivity index (χ2n) is 5.55. The topological polar surface area (TPSA) is 66.9 Å². The van der Waals surface area contributed by atoms with Gasteiger partial charge < -0.3 is 18.9 Å². The Labute approximate surface area is 171 Å². The maximum absolute atomic E-state index is 12.1. The van der Waals surface area contributed by atoms with Crippen LogP contribution in [0.5, 0.6) is 17.2 Å². The van der Waals surface area contributed by atoms with Crippen molar-refractivity contribution in [3.63, 3.8) is 0 Å². The Morgan fingerprint density at radius 2 is 1.82 bits per heavy atom. The molecular weight excluding hydrogens is 398 g/mol. The van der Waals surface area contributed by atoms with Gasteiger partial charge in [0.2, 0.25) is 0 Å². The average molecular weight is 418 g/mol. The number of benzene rings is 1. The zero-order valence-corrected chi connectivity index (χ0v) is 17.3. The summed E-state index contributed by atoms with van der Waals surface area (Å²) in [4.78, 5) is 16.6. The predicted octanol–water partition coefficient (Wildman–Crippen LogP) is 4.65. The van der Waals surface area contributed by atoms with Gasteiger partial charge in [0, 0.05) is 34.0 Å². The SMILES string of the molecule is COc1cc(OC)c(OC)cc1/C=C/C(=O)OCc1csc(-c2ccsc2)n1. The van der Waals surface area contributed by atoms with Crippen LogP contribution >= 0.6 is 22.7 Å². The third-order valence-electron chi connectivity index (χ3n) is 3.82. The molecule has 1 aromatic carbocycles. The van der Waals surface area contributed by atoms with E-state index in [-0.39, 0.29) is 6.61 Å². The molecule has 0 amide bonds. The molecule has 2 heterocycles. The van der Waals surface area contributed by atoms with E-state index in [2.05, 4.69) is 4.98 Å². The average Bonchev–Trinajstić information content (AvgIpc) is 3.41. The molecule has 0 unspecified atom stereocenters. The van der Waals surface area contributed by atoms with Crippen molar-refractivity contribution in [1.29, 1.82) is 0 Å². The van der Waals surface area contributed by atoms with E-state index >= 15 is 0 Å². The smallest absolute Gasteiger partial charge is 0.331 e. The third kappa shape index (κ3) is 4.71. The molecule has 0 spiro atoms. The summed E-state index contributed by atoms with van der Waals surface area (Å²) in [5, 5.41) is 6.84. The van der Waals surface area contributed by atoms with E-state index in [0.29, 0.717) is 22.8 Å². The lowest BCUT2D eigenvalue weighted by Crippen LogP contribution is -2.01. The number of carbonyl (C=O) groups excluding carboxylic acids is 1. The van der Waals surface area contributed by atoms with E-state index in [9.17, 15) is 4.79 Å².